The molecule has 2 N–H and O–H groups in total. The topological polar surface area (TPSA) is 77.0 Å². The summed E-state index contributed by atoms with van der Waals surface area (Å²) in [5, 5.41) is 12.6. The van der Waals surface area contributed by atoms with Gasteiger partial charge in [0.15, 0.2) is 6.29 Å². The maximum atomic E-state index is 11.4. The molecule has 6 heteroatoms. The summed E-state index contributed by atoms with van der Waals surface area (Å²) in [7, 11) is 0. The van der Waals surface area contributed by atoms with E-state index in [1.54, 1.807) is 0 Å². The SMILES string of the molecule is CC(=O)NCC(Cc1ccccc1)OC1COC(c2ccccc2)O[C@H]1CO. The predicted octanol–water partition coefficient (Wildman–Crippen LogP) is 2.23. The number of aliphatic hydroxyl groups is 1. The molecular weight excluding hydrogens is 358 g/mol. The number of amides is 1. The van der Waals surface area contributed by atoms with Crippen LogP contribution in [-0.2, 0) is 25.4 Å². The van der Waals surface area contributed by atoms with Crippen LogP contribution in [0.5, 0.6) is 0 Å². The fourth-order valence-corrected chi connectivity index (χ4v) is 3.20. The molecule has 1 saturated heterocycles. The van der Waals surface area contributed by atoms with Crippen molar-refractivity contribution in [2.45, 2.75) is 37.9 Å². The first-order valence-electron chi connectivity index (χ1n) is 9.52. The van der Waals surface area contributed by atoms with E-state index in [1.807, 2.05) is 60.7 Å². The smallest absolute Gasteiger partial charge is 0.216 e. The quantitative estimate of drug-likeness (QED) is 0.729. The van der Waals surface area contributed by atoms with Crippen LogP contribution in [0.2, 0.25) is 0 Å². The second-order valence-corrected chi connectivity index (χ2v) is 6.86. The molecule has 1 heterocycles. The van der Waals surface area contributed by atoms with Gasteiger partial charge < -0.3 is 24.6 Å². The van der Waals surface area contributed by atoms with E-state index in [-0.39, 0.29) is 18.6 Å². The van der Waals surface area contributed by atoms with Gasteiger partial charge in [0.25, 0.3) is 0 Å². The van der Waals surface area contributed by atoms with Crippen LogP contribution in [0.3, 0.4) is 0 Å². The van der Waals surface area contributed by atoms with Crippen LogP contribution in [-0.4, -0.2) is 49.1 Å². The highest BCUT2D eigenvalue weighted by molar-refractivity contribution is 5.72. The number of nitrogens with one attached hydrogen (secondary N) is 1. The standard InChI is InChI=1S/C22H27NO5/c1-16(25)23-13-19(12-17-8-4-2-5-9-17)27-21-15-26-22(28-20(21)14-24)18-10-6-3-7-11-18/h2-11,19-22,24H,12-15H2,1H3,(H,23,25)/t19?,20-,21?,22?/m0/s1. The molecule has 4 atom stereocenters. The van der Waals surface area contributed by atoms with Crippen molar-refractivity contribution < 1.29 is 24.1 Å². The second-order valence-electron chi connectivity index (χ2n) is 6.86. The molecule has 1 amide bonds. The van der Waals surface area contributed by atoms with Gasteiger partial charge in [0.2, 0.25) is 5.91 Å². The molecular formula is C22H27NO5. The van der Waals surface area contributed by atoms with Gasteiger partial charge in [0.05, 0.1) is 19.3 Å². The number of hydrogen-bond donors (Lipinski definition) is 2. The molecule has 0 bridgehead atoms. The van der Waals surface area contributed by atoms with Gasteiger partial charge in [-0.1, -0.05) is 60.7 Å². The van der Waals surface area contributed by atoms with Gasteiger partial charge in [0.1, 0.15) is 12.2 Å². The van der Waals surface area contributed by atoms with Crippen LogP contribution in [0, 0.1) is 0 Å². The van der Waals surface area contributed by atoms with Gasteiger partial charge in [-0.2, -0.15) is 0 Å². The maximum absolute atomic E-state index is 11.4. The third-order valence-corrected chi connectivity index (χ3v) is 4.63. The highest BCUT2D eigenvalue weighted by Crippen LogP contribution is 2.28. The molecule has 0 aromatic heterocycles. The Hall–Kier alpha value is -2.25. The minimum Gasteiger partial charge on any atom is -0.394 e. The fourth-order valence-electron chi connectivity index (χ4n) is 3.20. The van der Waals surface area contributed by atoms with Crippen molar-refractivity contribution in [1.29, 1.82) is 0 Å². The number of carbonyl (C=O) groups excluding carboxylic acids is 1. The number of rotatable bonds is 8. The van der Waals surface area contributed by atoms with Gasteiger partial charge in [-0.25, -0.2) is 0 Å². The largest absolute Gasteiger partial charge is 0.394 e. The minimum atomic E-state index is -0.527. The molecule has 6 nitrogen and oxygen atoms in total. The van der Waals surface area contributed by atoms with E-state index in [2.05, 4.69) is 5.32 Å². The van der Waals surface area contributed by atoms with Gasteiger partial charge in [0, 0.05) is 25.5 Å². The minimum absolute atomic E-state index is 0.111. The Kier molecular flexibility index (Phi) is 7.56. The lowest BCUT2D eigenvalue weighted by molar-refractivity contribution is -0.278. The Morgan fingerprint density at radius 2 is 1.86 bits per heavy atom. The second kappa shape index (κ2) is 10.3. The summed E-state index contributed by atoms with van der Waals surface area (Å²) in [6.45, 7) is 1.99. The highest BCUT2D eigenvalue weighted by Gasteiger charge is 2.34. The summed E-state index contributed by atoms with van der Waals surface area (Å²) in [6.07, 6.45) is -1.08. The Labute approximate surface area is 165 Å². The molecule has 2 aromatic carbocycles. The van der Waals surface area contributed by atoms with Crippen molar-refractivity contribution in [1.82, 2.24) is 5.32 Å². The summed E-state index contributed by atoms with van der Waals surface area (Å²) >= 11 is 0. The molecule has 28 heavy (non-hydrogen) atoms. The summed E-state index contributed by atoms with van der Waals surface area (Å²) in [4.78, 5) is 11.4. The van der Waals surface area contributed by atoms with E-state index in [9.17, 15) is 9.90 Å². The predicted molar refractivity (Wildman–Crippen MR) is 105 cm³/mol. The van der Waals surface area contributed by atoms with Crippen molar-refractivity contribution in [2.75, 3.05) is 19.8 Å². The molecule has 1 fully saturated rings. The zero-order valence-electron chi connectivity index (χ0n) is 16.0. The molecule has 0 saturated carbocycles. The van der Waals surface area contributed by atoms with Crippen LogP contribution in [0.25, 0.3) is 0 Å². The Morgan fingerprint density at radius 3 is 2.50 bits per heavy atom. The normalized spacial score (nSPS) is 23.1. The Bertz CT molecular complexity index is 724. The molecule has 1 aliphatic heterocycles. The summed E-state index contributed by atoms with van der Waals surface area (Å²) in [5.74, 6) is -0.111. The first-order chi connectivity index (χ1) is 13.7. The number of aliphatic hydroxyl groups excluding tert-OH is 1. The zero-order chi connectivity index (χ0) is 19.8. The van der Waals surface area contributed by atoms with E-state index in [0.29, 0.717) is 19.6 Å². The summed E-state index contributed by atoms with van der Waals surface area (Å²) in [5.41, 5.74) is 2.01. The first kappa shape index (κ1) is 20.5. The summed E-state index contributed by atoms with van der Waals surface area (Å²) in [6, 6.07) is 19.6. The average Bonchev–Trinajstić information content (AvgIpc) is 2.73. The van der Waals surface area contributed by atoms with E-state index in [4.69, 9.17) is 14.2 Å². The Morgan fingerprint density at radius 1 is 1.18 bits per heavy atom. The van der Waals surface area contributed by atoms with Crippen LogP contribution in [0.4, 0.5) is 0 Å². The lowest BCUT2D eigenvalue weighted by Crippen LogP contribution is -2.48. The lowest BCUT2D eigenvalue weighted by Gasteiger charge is -2.37. The lowest BCUT2D eigenvalue weighted by atomic mass is 10.1. The van der Waals surface area contributed by atoms with Crippen LogP contribution in [0.15, 0.2) is 60.7 Å². The van der Waals surface area contributed by atoms with Crippen LogP contribution >= 0.6 is 0 Å². The third-order valence-electron chi connectivity index (χ3n) is 4.63. The van der Waals surface area contributed by atoms with Gasteiger partial charge >= 0.3 is 0 Å². The van der Waals surface area contributed by atoms with Gasteiger partial charge in [-0.15, -0.1) is 0 Å². The highest BCUT2D eigenvalue weighted by atomic mass is 16.7. The van der Waals surface area contributed by atoms with Crippen molar-refractivity contribution in [3.8, 4) is 0 Å². The van der Waals surface area contributed by atoms with E-state index in [1.165, 1.54) is 6.92 Å². The van der Waals surface area contributed by atoms with Gasteiger partial charge in [-0.3, -0.25) is 4.79 Å². The van der Waals surface area contributed by atoms with Crippen LogP contribution in [0.1, 0.15) is 24.3 Å². The molecule has 3 unspecified atom stereocenters. The first-order valence-corrected chi connectivity index (χ1v) is 9.52. The third kappa shape index (κ3) is 5.87. The van der Waals surface area contributed by atoms with Gasteiger partial charge in [-0.05, 0) is 5.56 Å². The number of hydrogen-bond acceptors (Lipinski definition) is 5. The average molecular weight is 385 g/mol. The van der Waals surface area contributed by atoms with Crippen LogP contribution < -0.4 is 5.32 Å². The molecule has 0 radical (unpaired) electrons. The van der Waals surface area contributed by atoms with E-state index < -0.39 is 18.5 Å². The maximum Gasteiger partial charge on any atom is 0.216 e. The monoisotopic (exact) mass is 385 g/mol. The van der Waals surface area contributed by atoms with Crippen molar-refractivity contribution in [2.24, 2.45) is 0 Å². The molecule has 3 rings (SSSR count). The number of ether oxygens (including phenoxy) is 3. The number of carbonyl (C=O) groups is 1. The van der Waals surface area contributed by atoms with E-state index >= 15 is 0 Å². The van der Waals surface area contributed by atoms with Crippen molar-refractivity contribution >= 4 is 5.91 Å². The van der Waals surface area contributed by atoms with E-state index in [0.717, 1.165) is 11.1 Å². The molecule has 0 spiro atoms. The fraction of sp³-hybridized carbons (Fsp3) is 0.409. The van der Waals surface area contributed by atoms with Crippen molar-refractivity contribution in [3.63, 3.8) is 0 Å². The molecule has 1 aliphatic rings. The molecule has 150 valence electrons. The Balaban J connectivity index is 1.64. The molecule has 0 aliphatic carbocycles. The molecule has 2 aromatic rings. The van der Waals surface area contributed by atoms with Crippen molar-refractivity contribution in [3.05, 3.63) is 71.8 Å². The zero-order valence-corrected chi connectivity index (χ0v) is 16.0. The number of benzene rings is 2. The summed E-state index contributed by atoms with van der Waals surface area (Å²) < 4.78 is 18.0.